The first-order chi connectivity index (χ1) is 20.8. The van der Waals surface area contributed by atoms with E-state index in [0.29, 0.717) is 44.0 Å². The number of benzene rings is 2. The molecule has 4 N–H and O–H groups in total. The lowest BCUT2D eigenvalue weighted by Crippen LogP contribution is -2.60. The van der Waals surface area contributed by atoms with E-state index in [2.05, 4.69) is 15.5 Å². The lowest BCUT2D eigenvalue weighted by atomic mass is 9.85. The summed E-state index contributed by atoms with van der Waals surface area (Å²) in [5.74, 6) is -0.841. The van der Waals surface area contributed by atoms with Gasteiger partial charge in [0.15, 0.2) is 0 Å². The Bertz CT molecular complexity index is 1290. The third kappa shape index (κ3) is 7.13. The molecule has 2 aromatic carbocycles. The summed E-state index contributed by atoms with van der Waals surface area (Å²) in [4.78, 5) is 58.5. The average molecular weight is 609 g/mol. The number of hydrogen-bond donors (Lipinski definition) is 3. The number of rotatable bonds is 9. The van der Waals surface area contributed by atoms with Crippen LogP contribution >= 0.6 is 11.6 Å². The van der Waals surface area contributed by atoms with Crippen LogP contribution in [0.2, 0.25) is 5.02 Å². The molecule has 11 heteroatoms. The van der Waals surface area contributed by atoms with Gasteiger partial charge >= 0.3 is 0 Å². The molecule has 1 spiro atoms. The minimum Gasteiger partial charge on any atom is -0.352 e. The van der Waals surface area contributed by atoms with E-state index >= 15 is 0 Å². The van der Waals surface area contributed by atoms with E-state index in [0.717, 1.165) is 36.9 Å². The fraction of sp³-hybridized carbons (Fsp3) is 0.500. The SMILES string of the molecule is NCC(=O)NC(Cc1ccc(Cl)cc1)C(=O)N1CCC2(CC1)C(=O)N(CC(=O)NC1CCCCC1)CN2c1ccccc1. The molecule has 2 heterocycles. The van der Waals surface area contributed by atoms with E-state index in [9.17, 15) is 19.2 Å². The summed E-state index contributed by atoms with van der Waals surface area (Å²) in [7, 11) is 0. The Morgan fingerprint density at radius 1 is 0.953 bits per heavy atom. The number of nitrogens with one attached hydrogen (secondary N) is 2. The van der Waals surface area contributed by atoms with Crippen molar-refractivity contribution < 1.29 is 19.2 Å². The van der Waals surface area contributed by atoms with Gasteiger partial charge in [-0.15, -0.1) is 0 Å². The van der Waals surface area contributed by atoms with Gasteiger partial charge in [-0.25, -0.2) is 0 Å². The molecule has 3 fully saturated rings. The molecule has 2 aliphatic heterocycles. The van der Waals surface area contributed by atoms with Gasteiger partial charge in [0.1, 0.15) is 18.1 Å². The lowest BCUT2D eigenvalue weighted by Gasteiger charge is -2.44. The Balaban J connectivity index is 1.30. The number of halogens is 1. The van der Waals surface area contributed by atoms with Crippen LogP contribution in [-0.2, 0) is 25.6 Å². The summed E-state index contributed by atoms with van der Waals surface area (Å²) in [5, 5.41) is 6.50. The van der Waals surface area contributed by atoms with Crippen molar-refractivity contribution in [2.75, 3.05) is 37.7 Å². The smallest absolute Gasteiger partial charge is 0.250 e. The minimum absolute atomic E-state index is 0.0113. The van der Waals surface area contributed by atoms with Crippen LogP contribution in [0.1, 0.15) is 50.5 Å². The van der Waals surface area contributed by atoms with Crippen LogP contribution in [0.5, 0.6) is 0 Å². The standard InChI is InChI=1S/C32H41ClN6O4/c33-24-13-11-23(12-14-24)19-27(36-28(40)20-34)30(42)37-17-15-32(16-18-37)31(43)38(22-39(32)26-9-5-2-6-10-26)21-29(41)35-25-7-3-1-4-8-25/h2,5-6,9-14,25,27H,1,3-4,7-8,15-22,34H2,(H,35,41)(H,36,40). The molecule has 3 aliphatic rings. The van der Waals surface area contributed by atoms with E-state index < -0.39 is 17.5 Å². The van der Waals surface area contributed by atoms with Crippen molar-refractivity contribution in [3.8, 4) is 0 Å². The van der Waals surface area contributed by atoms with Crippen LogP contribution in [0, 0.1) is 0 Å². The Labute approximate surface area is 257 Å². The molecular weight excluding hydrogens is 568 g/mol. The van der Waals surface area contributed by atoms with E-state index in [-0.39, 0.29) is 36.9 Å². The molecule has 1 aliphatic carbocycles. The zero-order chi connectivity index (χ0) is 30.4. The summed E-state index contributed by atoms with van der Waals surface area (Å²) in [6.45, 7) is 0.771. The number of anilines is 1. The number of nitrogens with zero attached hydrogens (tertiary/aromatic N) is 3. The van der Waals surface area contributed by atoms with Crippen LogP contribution in [0.15, 0.2) is 54.6 Å². The van der Waals surface area contributed by atoms with Gasteiger partial charge in [-0.05, 0) is 55.5 Å². The molecule has 5 rings (SSSR count). The Morgan fingerprint density at radius 2 is 1.63 bits per heavy atom. The lowest BCUT2D eigenvalue weighted by molar-refractivity contribution is -0.141. The maximum atomic E-state index is 14.1. The van der Waals surface area contributed by atoms with E-state index in [1.165, 1.54) is 6.42 Å². The monoisotopic (exact) mass is 608 g/mol. The third-order valence-electron chi connectivity index (χ3n) is 8.96. The van der Waals surface area contributed by atoms with Gasteiger partial charge in [0, 0.05) is 36.3 Å². The van der Waals surface area contributed by atoms with Crippen LogP contribution < -0.4 is 21.3 Å². The molecule has 0 bridgehead atoms. The molecule has 43 heavy (non-hydrogen) atoms. The average Bonchev–Trinajstić information content (AvgIpc) is 3.28. The van der Waals surface area contributed by atoms with Crippen molar-refractivity contribution >= 4 is 40.9 Å². The highest BCUT2D eigenvalue weighted by molar-refractivity contribution is 6.30. The van der Waals surface area contributed by atoms with E-state index in [1.807, 2.05) is 42.5 Å². The summed E-state index contributed by atoms with van der Waals surface area (Å²) in [5.41, 5.74) is 6.44. The van der Waals surface area contributed by atoms with Gasteiger partial charge in [-0.3, -0.25) is 19.2 Å². The first-order valence-electron chi connectivity index (χ1n) is 15.2. The van der Waals surface area contributed by atoms with Crippen molar-refractivity contribution in [2.45, 2.75) is 69.0 Å². The summed E-state index contributed by atoms with van der Waals surface area (Å²) >= 11 is 6.03. The molecule has 10 nitrogen and oxygen atoms in total. The van der Waals surface area contributed by atoms with Crippen LogP contribution in [0.25, 0.3) is 0 Å². The quantitative estimate of drug-likeness (QED) is 0.401. The molecule has 4 amide bonds. The molecule has 2 saturated heterocycles. The number of piperidine rings is 1. The van der Waals surface area contributed by atoms with Gasteiger partial charge in [-0.2, -0.15) is 0 Å². The summed E-state index contributed by atoms with van der Waals surface area (Å²) in [6.07, 6.45) is 6.50. The maximum absolute atomic E-state index is 14.1. The maximum Gasteiger partial charge on any atom is 0.250 e. The van der Waals surface area contributed by atoms with Crippen molar-refractivity contribution in [3.63, 3.8) is 0 Å². The molecular formula is C32H41ClN6O4. The fourth-order valence-corrected chi connectivity index (χ4v) is 6.77. The normalized spacial score (nSPS) is 19.4. The Kier molecular flexibility index (Phi) is 9.87. The zero-order valence-electron chi connectivity index (χ0n) is 24.5. The Morgan fingerprint density at radius 3 is 2.28 bits per heavy atom. The fourth-order valence-electron chi connectivity index (χ4n) is 6.64. The molecule has 230 valence electrons. The predicted octanol–water partition coefficient (Wildman–Crippen LogP) is 2.44. The van der Waals surface area contributed by atoms with Crippen molar-refractivity contribution in [1.29, 1.82) is 0 Å². The second kappa shape index (κ2) is 13.8. The van der Waals surface area contributed by atoms with Gasteiger partial charge in [-0.1, -0.05) is 61.2 Å². The van der Waals surface area contributed by atoms with Crippen LogP contribution in [0.3, 0.4) is 0 Å². The molecule has 1 atom stereocenters. The van der Waals surface area contributed by atoms with E-state index in [1.54, 1.807) is 21.9 Å². The van der Waals surface area contributed by atoms with Gasteiger partial charge < -0.3 is 31.1 Å². The van der Waals surface area contributed by atoms with Gasteiger partial charge in [0.05, 0.1) is 13.2 Å². The first kappa shape index (κ1) is 30.8. The predicted molar refractivity (Wildman–Crippen MR) is 165 cm³/mol. The second-order valence-electron chi connectivity index (χ2n) is 11.8. The first-order valence-corrected chi connectivity index (χ1v) is 15.6. The topological polar surface area (TPSA) is 128 Å². The number of hydrogen-bond acceptors (Lipinski definition) is 6. The summed E-state index contributed by atoms with van der Waals surface area (Å²) < 4.78 is 0. The molecule has 0 radical (unpaired) electrons. The minimum atomic E-state index is -0.866. The number of likely N-dealkylation sites (tertiary alicyclic amines) is 1. The highest BCUT2D eigenvalue weighted by Gasteiger charge is 2.54. The van der Waals surface area contributed by atoms with Crippen LogP contribution in [-0.4, -0.2) is 83.9 Å². The highest BCUT2D eigenvalue weighted by atomic mass is 35.5. The Hall–Kier alpha value is -3.63. The van der Waals surface area contributed by atoms with Gasteiger partial charge in [0.25, 0.3) is 5.91 Å². The summed E-state index contributed by atoms with van der Waals surface area (Å²) in [6, 6.07) is 16.3. The van der Waals surface area contributed by atoms with Crippen LogP contribution in [0.4, 0.5) is 5.69 Å². The second-order valence-corrected chi connectivity index (χ2v) is 12.3. The number of nitrogens with two attached hydrogens (primary N) is 1. The highest BCUT2D eigenvalue weighted by Crippen LogP contribution is 2.39. The number of carbonyl (C=O) groups excluding carboxylic acids is 4. The molecule has 1 unspecified atom stereocenters. The molecule has 0 aromatic heterocycles. The molecule has 1 saturated carbocycles. The van der Waals surface area contributed by atoms with Crippen molar-refractivity contribution in [2.24, 2.45) is 5.73 Å². The largest absolute Gasteiger partial charge is 0.352 e. The zero-order valence-corrected chi connectivity index (χ0v) is 25.2. The number of para-hydroxylation sites is 1. The number of amides is 4. The van der Waals surface area contributed by atoms with Crippen molar-refractivity contribution in [1.82, 2.24) is 20.4 Å². The van der Waals surface area contributed by atoms with Gasteiger partial charge in [0.2, 0.25) is 17.7 Å². The van der Waals surface area contributed by atoms with E-state index in [4.69, 9.17) is 17.3 Å². The molecule has 2 aromatic rings. The van der Waals surface area contributed by atoms with Crippen molar-refractivity contribution in [3.05, 3.63) is 65.2 Å². The number of carbonyl (C=O) groups is 4. The third-order valence-corrected chi connectivity index (χ3v) is 9.21.